The van der Waals surface area contributed by atoms with E-state index in [1.54, 1.807) is 0 Å². The lowest BCUT2D eigenvalue weighted by atomic mass is 10.1. The lowest BCUT2D eigenvalue weighted by molar-refractivity contribution is -0.383. The highest BCUT2D eigenvalue weighted by molar-refractivity contribution is 5.78. The molecular formula is C24H34N6O5. The van der Waals surface area contributed by atoms with Gasteiger partial charge in [0.2, 0.25) is 11.6 Å². The van der Waals surface area contributed by atoms with Crippen molar-refractivity contribution >= 4 is 23.3 Å². The lowest BCUT2D eigenvalue weighted by Crippen LogP contribution is -2.32. The third-order valence-corrected chi connectivity index (χ3v) is 5.80. The number of esters is 1. The lowest BCUT2D eigenvalue weighted by Gasteiger charge is -2.23. The van der Waals surface area contributed by atoms with E-state index in [1.165, 1.54) is 24.9 Å². The molecule has 11 nitrogen and oxygen atoms in total. The molecule has 0 atom stereocenters. The van der Waals surface area contributed by atoms with Crippen LogP contribution in [0.5, 0.6) is 6.01 Å². The second kappa shape index (κ2) is 12.3. The van der Waals surface area contributed by atoms with Gasteiger partial charge in [-0.05, 0) is 49.4 Å². The van der Waals surface area contributed by atoms with Crippen molar-refractivity contribution in [3.05, 3.63) is 45.5 Å². The number of anilines is 2. The second-order valence-corrected chi connectivity index (χ2v) is 9.09. The van der Waals surface area contributed by atoms with Crippen molar-refractivity contribution in [2.24, 2.45) is 5.92 Å². The number of rotatable bonds is 12. The van der Waals surface area contributed by atoms with Crippen LogP contribution < -0.4 is 15.4 Å². The molecule has 2 aromatic rings. The van der Waals surface area contributed by atoms with Crippen LogP contribution in [0.4, 0.5) is 17.3 Å². The standard InChI is InChI=1S/C24H34N6O5/c1-17(2)9-12-35-24-26-22(25)21(30(32)33)23(27-24)29(16-20(31)34-3)15-19-8-6-7-18(13-19)14-28-10-4-5-11-28/h6-8,13,17H,4-5,9-12,14-16H2,1-3H3,(H2,25,26,27). The molecule has 1 aliphatic heterocycles. The Morgan fingerprint density at radius 3 is 2.63 bits per heavy atom. The summed E-state index contributed by atoms with van der Waals surface area (Å²) in [6, 6.07) is 7.88. The van der Waals surface area contributed by atoms with Gasteiger partial charge in [0.15, 0.2) is 0 Å². The molecule has 0 bridgehead atoms. The van der Waals surface area contributed by atoms with Crippen molar-refractivity contribution in [3.63, 3.8) is 0 Å². The summed E-state index contributed by atoms with van der Waals surface area (Å²) in [6.07, 6.45) is 3.16. The molecule has 1 fully saturated rings. The summed E-state index contributed by atoms with van der Waals surface area (Å²) in [5.41, 5.74) is 7.48. The van der Waals surface area contributed by atoms with Gasteiger partial charge in [-0.2, -0.15) is 9.97 Å². The first kappa shape index (κ1) is 26.1. The Balaban J connectivity index is 1.92. The quantitative estimate of drug-likeness (QED) is 0.270. The van der Waals surface area contributed by atoms with E-state index in [1.807, 2.05) is 18.2 Å². The summed E-state index contributed by atoms with van der Waals surface area (Å²) in [5.74, 6) is -0.574. The highest BCUT2D eigenvalue weighted by Crippen LogP contribution is 2.33. The van der Waals surface area contributed by atoms with Crippen LogP contribution in [-0.4, -0.2) is 59.1 Å². The molecule has 0 radical (unpaired) electrons. The number of aromatic nitrogens is 2. The maximum atomic E-state index is 12.2. The molecule has 1 aromatic heterocycles. The zero-order valence-electron chi connectivity index (χ0n) is 20.6. The number of nitrogen functional groups attached to an aromatic ring is 1. The molecule has 1 aliphatic rings. The van der Waals surface area contributed by atoms with Crippen LogP contribution in [0.2, 0.25) is 0 Å². The third-order valence-electron chi connectivity index (χ3n) is 5.80. The minimum atomic E-state index is -0.642. The Morgan fingerprint density at radius 1 is 1.26 bits per heavy atom. The van der Waals surface area contributed by atoms with Crippen molar-refractivity contribution in [2.75, 3.05) is 44.0 Å². The number of hydrogen-bond acceptors (Lipinski definition) is 10. The molecule has 0 spiro atoms. The second-order valence-electron chi connectivity index (χ2n) is 9.09. The zero-order valence-corrected chi connectivity index (χ0v) is 20.6. The minimum Gasteiger partial charge on any atom is -0.468 e. The number of carbonyl (C=O) groups is 1. The number of methoxy groups -OCH3 is 1. The normalized spacial score (nSPS) is 13.7. The van der Waals surface area contributed by atoms with Crippen LogP contribution in [0, 0.1) is 16.0 Å². The number of likely N-dealkylation sites (tertiary alicyclic amines) is 1. The molecule has 11 heteroatoms. The predicted octanol–water partition coefficient (Wildman–Crippen LogP) is 3.17. The summed E-state index contributed by atoms with van der Waals surface area (Å²) >= 11 is 0. The fourth-order valence-electron chi connectivity index (χ4n) is 3.96. The highest BCUT2D eigenvalue weighted by atomic mass is 16.6. The first-order valence-electron chi connectivity index (χ1n) is 11.8. The predicted molar refractivity (Wildman–Crippen MR) is 132 cm³/mol. The Labute approximate surface area is 205 Å². The van der Waals surface area contributed by atoms with Gasteiger partial charge in [-0.25, -0.2) is 0 Å². The van der Waals surface area contributed by atoms with E-state index in [0.29, 0.717) is 12.5 Å². The molecule has 1 saturated heterocycles. The molecule has 1 aromatic carbocycles. The molecule has 0 saturated carbocycles. The molecule has 0 amide bonds. The van der Waals surface area contributed by atoms with Crippen LogP contribution >= 0.6 is 0 Å². The number of nitro groups is 1. The number of ether oxygens (including phenoxy) is 2. The fraction of sp³-hybridized carbons (Fsp3) is 0.542. The van der Waals surface area contributed by atoms with Crippen LogP contribution in [0.3, 0.4) is 0 Å². The van der Waals surface area contributed by atoms with Gasteiger partial charge >= 0.3 is 17.7 Å². The fourth-order valence-corrected chi connectivity index (χ4v) is 3.96. The summed E-state index contributed by atoms with van der Waals surface area (Å²) in [7, 11) is 1.26. The summed E-state index contributed by atoms with van der Waals surface area (Å²) in [4.78, 5) is 35.6. The van der Waals surface area contributed by atoms with E-state index < -0.39 is 16.6 Å². The van der Waals surface area contributed by atoms with Gasteiger partial charge in [-0.15, -0.1) is 0 Å². The van der Waals surface area contributed by atoms with E-state index in [2.05, 4.69) is 34.8 Å². The van der Waals surface area contributed by atoms with E-state index in [4.69, 9.17) is 15.2 Å². The Kier molecular flexibility index (Phi) is 9.18. The average Bonchev–Trinajstić information content (AvgIpc) is 3.31. The third kappa shape index (κ3) is 7.51. The van der Waals surface area contributed by atoms with Gasteiger partial charge in [-0.1, -0.05) is 38.1 Å². The van der Waals surface area contributed by atoms with Crippen molar-refractivity contribution in [1.29, 1.82) is 0 Å². The first-order chi connectivity index (χ1) is 16.8. The van der Waals surface area contributed by atoms with Crippen molar-refractivity contribution in [2.45, 2.75) is 46.2 Å². The van der Waals surface area contributed by atoms with Gasteiger partial charge in [0.25, 0.3) is 0 Å². The molecule has 35 heavy (non-hydrogen) atoms. The monoisotopic (exact) mass is 486 g/mol. The molecule has 3 rings (SSSR count). The molecule has 2 N–H and O–H groups in total. The summed E-state index contributed by atoms with van der Waals surface area (Å²) in [5, 5.41) is 11.9. The number of hydrogen-bond donors (Lipinski definition) is 1. The number of benzene rings is 1. The van der Waals surface area contributed by atoms with E-state index in [-0.39, 0.29) is 30.7 Å². The van der Waals surface area contributed by atoms with Gasteiger partial charge in [-0.3, -0.25) is 19.8 Å². The molecule has 0 aliphatic carbocycles. The van der Waals surface area contributed by atoms with Crippen LogP contribution in [0.15, 0.2) is 24.3 Å². The van der Waals surface area contributed by atoms with Gasteiger partial charge in [0.1, 0.15) is 6.54 Å². The number of nitrogens with zero attached hydrogens (tertiary/aromatic N) is 5. The molecule has 0 unspecified atom stereocenters. The van der Waals surface area contributed by atoms with E-state index in [0.717, 1.165) is 37.2 Å². The van der Waals surface area contributed by atoms with E-state index in [9.17, 15) is 14.9 Å². The summed E-state index contributed by atoms with van der Waals surface area (Å²) in [6.45, 7) is 7.35. The van der Waals surface area contributed by atoms with Gasteiger partial charge < -0.3 is 20.1 Å². The van der Waals surface area contributed by atoms with Crippen molar-refractivity contribution in [1.82, 2.24) is 14.9 Å². The average molecular weight is 487 g/mol. The number of carbonyl (C=O) groups excluding carboxylic acids is 1. The van der Waals surface area contributed by atoms with Gasteiger partial charge in [0, 0.05) is 13.1 Å². The number of nitrogens with two attached hydrogens (primary N) is 1. The highest BCUT2D eigenvalue weighted by Gasteiger charge is 2.29. The van der Waals surface area contributed by atoms with Crippen molar-refractivity contribution < 1.29 is 19.2 Å². The molecule has 190 valence electrons. The van der Waals surface area contributed by atoms with Crippen LogP contribution in [-0.2, 0) is 22.6 Å². The Hall–Kier alpha value is -3.47. The van der Waals surface area contributed by atoms with E-state index >= 15 is 0 Å². The smallest absolute Gasteiger partial charge is 0.353 e. The summed E-state index contributed by atoms with van der Waals surface area (Å²) < 4.78 is 10.5. The topological polar surface area (TPSA) is 137 Å². The van der Waals surface area contributed by atoms with Crippen LogP contribution in [0.25, 0.3) is 0 Å². The Morgan fingerprint density at radius 2 is 1.97 bits per heavy atom. The largest absolute Gasteiger partial charge is 0.468 e. The molecule has 2 heterocycles. The maximum absolute atomic E-state index is 12.2. The Bertz CT molecular complexity index is 1030. The molecular weight excluding hydrogens is 452 g/mol. The maximum Gasteiger partial charge on any atom is 0.353 e. The SMILES string of the molecule is COC(=O)CN(Cc1cccc(CN2CCCC2)c1)c1nc(OCCC(C)C)nc(N)c1[N+](=O)[O-]. The van der Waals surface area contributed by atoms with Crippen molar-refractivity contribution in [3.8, 4) is 6.01 Å². The first-order valence-corrected chi connectivity index (χ1v) is 11.8. The zero-order chi connectivity index (χ0) is 25.4. The van der Waals surface area contributed by atoms with Gasteiger partial charge in [0.05, 0.1) is 18.6 Å². The minimum absolute atomic E-state index is 0.0681. The van der Waals surface area contributed by atoms with Crippen LogP contribution in [0.1, 0.15) is 44.2 Å².